The first-order valence-electron chi connectivity index (χ1n) is 7.12. The Bertz CT molecular complexity index is 472. The number of rotatable bonds is 6. The molecule has 0 bridgehead atoms. The number of hydrogen-bond acceptors (Lipinski definition) is 1. The van der Waals surface area contributed by atoms with Gasteiger partial charge in [0.2, 0.25) is 5.91 Å². The van der Waals surface area contributed by atoms with Gasteiger partial charge >= 0.3 is 0 Å². The second kappa shape index (κ2) is 6.08. The molecule has 1 heterocycles. The molecule has 1 atom stereocenters. The quantitative estimate of drug-likeness (QED) is 0.604. The Morgan fingerprint density at radius 1 is 1.26 bits per heavy atom. The van der Waals surface area contributed by atoms with Crippen LogP contribution in [-0.2, 0) is 10.2 Å². The van der Waals surface area contributed by atoms with Gasteiger partial charge < -0.3 is 5.32 Å². The predicted octanol–water partition coefficient (Wildman–Crippen LogP) is 4.55. The Kier molecular flexibility index (Phi) is 4.67. The largest absolute Gasteiger partial charge is 0.325 e. The van der Waals surface area contributed by atoms with Crippen LogP contribution in [0.3, 0.4) is 0 Å². The van der Waals surface area contributed by atoms with Crippen LogP contribution in [0.1, 0.15) is 50.2 Å². The summed E-state index contributed by atoms with van der Waals surface area (Å²) in [5.74, 6) is 0.189. The summed E-state index contributed by atoms with van der Waals surface area (Å²) in [5.41, 5.74) is 3.15. The van der Waals surface area contributed by atoms with Gasteiger partial charge in [-0.25, -0.2) is 0 Å². The lowest BCUT2D eigenvalue weighted by molar-refractivity contribution is -0.121. The molecule has 1 N–H and O–H groups in total. The maximum absolute atomic E-state index is 12.4. The number of unbranched alkanes of at least 4 members (excludes halogenated alkanes) is 2. The summed E-state index contributed by atoms with van der Waals surface area (Å²) in [5, 5.41) is 4.11. The van der Waals surface area contributed by atoms with Crippen molar-refractivity contribution in [1.82, 2.24) is 0 Å². The third-order valence-corrected chi connectivity index (χ3v) is 4.77. The Labute approximate surface area is 124 Å². The van der Waals surface area contributed by atoms with E-state index >= 15 is 0 Å². The number of carbonyl (C=O) groups excluding carboxylic acids is 1. The lowest BCUT2D eigenvalue weighted by Gasteiger charge is -2.26. The fourth-order valence-corrected chi connectivity index (χ4v) is 3.40. The highest BCUT2D eigenvalue weighted by Crippen LogP contribution is 2.44. The molecule has 19 heavy (non-hydrogen) atoms. The van der Waals surface area contributed by atoms with E-state index in [9.17, 15) is 4.79 Å². The first-order valence-corrected chi connectivity index (χ1v) is 8.25. The van der Waals surface area contributed by atoms with Crippen molar-refractivity contribution in [3.05, 3.63) is 29.3 Å². The number of amides is 1. The molecule has 1 aliphatic heterocycles. The van der Waals surface area contributed by atoms with Crippen molar-refractivity contribution >= 4 is 27.5 Å². The highest BCUT2D eigenvalue weighted by molar-refractivity contribution is 9.09. The Hall–Kier alpha value is -0.830. The standard InChI is InChI=1S/C16H22BrNO/c1-3-16(9-5-4-6-10-17)13-11-12(2)7-8-14(13)18-15(16)19/h7-8,11H,3-6,9-10H2,1-2H3,(H,18,19). The van der Waals surface area contributed by atoms with Crippen molar-refractivity contribution in [3.8, 4) is 0 Å². The van der Waals surface area contributed by atoms with Gasteiger partial charge in [0.15, 0.2) is 0 Å². The van der Waals surface area contributed by atoms with E-state index in [-0.39, 0.29) is 11.3 Å². The number of benzene rings is 1. The molecule has 0 saturated carbocycles. The van der Waals surface area contributed by atoms with E-state index in [2.05, 4.69) is 47.2 Å². The lowest BCUT2D eigenvalue weighted by atomic mass is 9.75. The topological polar surface area (TPSA) is 29.1 Å². The number of aryl methyl sites for hydroxylation is 1. The molecule has 3 heteroatoms. The molecule has 1 amide bonds. The maximum atomic E-state index is 12.4. The fraction of sp³-hybridized carbons (Fsp3) is 0.562. The molecule has 1 unspecified atom stereocenters. The number of nitrogens with one attached hydrogen (secondary N) is 1. The van der Waals surface area contributed by atoms with Gasteiger partial charge in [-0.15, -0.1) is 0 Å². The smallest absolute Gasteiger partial charge is 0.235 e. The van der Waals surface area contributed by atoms with Crippen LogP contribution in [0.25, 0.3) is 0 Å². The van der Waals surface area contributed by atoms with Crippen LogP contribution in [0.2, 0.25) is 0 Å². The van der Waals surface area contributed by atoms with Crippen molar-refractivity contribution in [2.24, 2.45) is 0 Å². The van der Waals surface area contributed by atoms with Crippen LogP contribution in [-0.4, -0.2) is 11.2 Å². The molecule has 2 nitrogen and oxygen atoms in total. The molecule has 0 saturated heterocycles. The number of carbonyl (C=O) groups is 1. The van der Waals surface area contributed by atoms with Crippen molar-refractivity contribution in [2.45, 2.75) is 51.4 Å². The minimum Gasteiger partial charge on any atom is -0.325 e. The highest BCUT2D eigenvalue weighted by Gasteiger charge is 2.44. The summed E-state index contributed by atoms with van der Waals surface area (Å²) in [6.07, 6.45) is 5.31. The molecule has 0 spiro atoms. The number of hydrogen-bond donors (Lipinski definition) is 1. The van der Waals surface area contributed by atoms with E-state index in [1.807, 2.05) is 6.07 Å². The Morgan fingerprint density at radius 2 is 2.05 bits per heavy atom. The summed E-state index contributed by atoms with van der Waals surface area (Å²) in [6.45, 7) is 4.22. The number of alkyl halides is 1. The van der Waals surface area contributed by atoms with Gasteiger partial charge in [-0.05, 0) is 37.8 Å². The first-order chi connectivity index (χ1) is 9.14. The Morgan fingerprint density at radius 3 is 2.74 bits per heavy atom. The first kappa shape index (κ1) is 14.6. The summed E-state index contributed by atoms with van der Waals surface area (Å²) >= 11 is 3.46. The average Bonchev–Trinajstić information content (AvgIpc) is 2.67. The monoisotopic (exact) mass is 323 g/mol. The molecule has 0 aliphatic carbocycles. The zero-order valence-corrected chi connectivity index (χ0v) is 13.3. The van der Waals surface area contributed by atoms with Gasteiger partial charge in [0.1, 0.15) is 0 Å². The molecule has 104 valence electrons. The van der Waals surface area contributed by atoms with E-state index in [1.165, 1.54) is 24.0 Å². The number of anilines is 1. The van der Waals surface area contributed by atoms with E-state index < -0.39 is 0 Å². The van der Waals surface area contributed by atoms with E-state index in [0.29, 0.717) is 0 Å². The predicted molar refractivity (Wildman–Crippen MR) is 84.0 cm³/mol. The number of halogens is 1. The van der Waals surface area contributed by atoms with Crippen LogP contribution < -0.4 is 5.32 Å². The third kappa shape index (κ3) is 2.71. The second-order valence-corrected chi connectivity index (χ2v) is 6.23. The molecule has 1 aliphatic rings. The fourth-order valence-electron chi connectivity index (χ4n) is 3.00. The van der Waals surface area contributed by atoms with Crippen LogP contribution in [0, 0.1) is 6.92 Å². The van der Waals surface area contributed by atoms with Crippen LogP contribution in [0.5, 0.6) is 0 Å². The van der Waals surface area contributed by atoms with Gasteiger partial charge in [-0.1, -0.05) is 53.4 Å². The molecule has 1 aromatic carbocycles. The van der Waals surface area contributed by atoms with Crippen molar-refractivity contribution in [1.29, 1.82) is 0 Å². The summed E-state index contributed by atoms with van der Waals surface area (Å²) in [6, 6.07) is 6.29. The molecule has 2 rings (SSSR count). The summed E-state index contributed by atoms with van der Waals surface area (Å²) in [4.78, 5) is 12.4. The minimum atomic E-state index is -0.298. The number of fused-ring (bicyclic) bond motifs is 1. The third-order valence-electron chi connectivity index (χ3n) is 4.21. The van der Waals surface area contributed by atoms with Crippen LogP contribution in [0.15, 0.2) is 18.2 Å². The molecular weight excluding hydrogens is 302 g/mol. The zero-order chi connectivity index (χ0) is 13.9. The molecule has 0 radical (unpaired) electrons. The maximum Gasteiger partial charge on any atom is 0.235 e. The molecule has 0 fully saturated rings. The van der Waals surface area contributed by atoms with E-state index in [4.69, 9.17) is 0 Å². The SMILES string of the molecule is CCC1(CCCCCBr)C(=O)Nc2ccc(C)cc21. The Balaban J connectivity index is 2.24. The van der Waals surface area contributed by atoms with Gasteiger partial charge in [-0.3, -0.25) is 4.79 Å². The second-order valence-electron chi connectivity index (χ2n) is 5.44. The van der Waals surface area contributed by atoms with Crippen molar-refractivity contribution in [3.63, 3.8) is 0 Å². The summed E-state index contributed by atoms with van der Waals surface area (Å²) in [7, 11) is 0. The van der Waals surface area contributed by atoms with E-state index in [1.54, 1.807) is 0 Å². The van der Waals surface area contributed by atoms with Crippen molar-refractivity contribution < 1.29 is 4.79 Å². The normalized spacial score (nSPS) is 21.3. The average molecular weight is 324 g/mol. The molecule has 0 aromatic heterocycles. The van der Waals surface area contributed by atoms with E-state index in [0.717, 1.165) is 30.3 Å². The lowest BCUT2D eigenvalue weighted by Crippen LogP contribution is -2.33. The minimum absolute atomic E-state index is 0.189. The molecule has 1 aromatic rings. The zero-order valence-electron chi connectivity index (χ0n) is 11.8. The molecular formula is C16H22BrNO. The van der Waals surface area contributed by atoms with Gasteiger partial charge in [0.25, 0.3) is 0 Å². The van der Waals surface area contributed by atoms with Gasteiger partial charge in [0, 0.05) is 11.0 Å². The van der Waals surface area contributed by atoms with Crippen molar-refractivity contribution in [2.75, 3.05) is 10.6 Å². The van der Waals surface area contributed by atoms with Gasteiger partial charge in [-0.2, -0.15) is 0 Å². The van der Waals surface area contributed by atoms with Crippen LogP contribution in [0.4, 0.5) is 5.69 Å². The highest BCUT2D eigenvalue weighted by atomic mass is 79.9. The summed E-state index contributed by atoms with van der Waals surface area (Å²) < 4.78 is 0. The van der Waals surface area contributed by atoms with Crippen LogP contribution >= 0.6 is 15.9 Å². The van der Waals surface area contributed by atoms with Gasteiger partial charge in [0.05, 0.1) is 5.41 Å².